The predicted molar refractivity (Wildman–Crippen MR) is 64.9 cm³/mol. The van der Waals surface area contributed by atoms with Crippen LogP contribution >= 0.6 is 0 Å². The van der Waals surface area contributed by atoms with E-state index in [9.17, 15) is 0 Å². The van der Waals surface area contributed by atoms with Crippen molar-refractivity contribution in [3.63, 3.8) is 0 Å². The molecule has 0 saturated heterocycles. The zero-order chi connectivity index (χ0) is 10.8. The monoisotopic (exact) mass is 204 g/mol. The summed E-state index contributed by atoms with van der Waals surface area (Å²) in [6, 6.07) is 8.41. The molecule has 0 aliphatic heterocycles. The van der Waals surface area contributed by atoms with Crippen molar-refractivity contribution in [2.24, 2.45) is 17.6 Å². The van der Waals surface area contributed by atoms with Crippen LogP contribution in [0, 0.1) is 11.8 Å². The summed E-state index contributed by atoms with van der Waals surface area (Å²) in [5.74, 6) is 1.80. The minimum Gasteiger partial charge on any atom is -0.374 e. The molecular weight excluding hydrogens is 184 g/mol. The normalized spacial score (nSPS) is 23.9. The van der Waals surface area contributed by atoms with E-state index in [4.69, 9.17) is 5.73 Å². The van der Waals surface area contributed by atoms with Crippen molar-refractivity contribution in [3.05, 3.63) is 29.8 Å². The van der Waals surface area contributed by atoms with Crippen LogP contribution in [0.25, 0.3) is 0 Å². The van der Waals surface area contributed by atoms with E-state index in [1.807, 2.05) is 0 Å². The Hall–Kier alpha value is -1.02. The van der Waals surface area contributed by atoms with Gasteiger partial charge in [0.2, 0.25) is 0 Å². The second-order valence-corrected chi connectivity index (χ2v) is 4.69. The maximum absolute atomic E-state index is 5.74. The molecular formula is C13H20N2. The third-order valence-electron chi connectivity index (χ3n) is 3.41. The van der Waals surface area contributed by atoms with Gasteiger partial charge in [0.25, 0.3) is 0 Å². The Morgan fingerprint density at radius 3 is 2.67 bits per heavy atom. The molecule has 82 valence electrons. The van der Waals surface area contributed by atoms with Gasteiger partial charge in [-0.2, -0.15) is 0 Å². The lowest BCUT2D eigenvalue weighted by atomic mass is 10.1. The number of para-hydroxylation sites is 1. The summed E-state index contributed by atoms with van der Waals surface area (Å²) in [5, 5.41) is 0. The SMILES string of the molecule is CC1CC1CN(C)c1ccccc1CN. The Labute approximate surface area is 92.1 Å². The Morgan fingerprint density at radius 2 is 2.07 bits per heavy atom. The molecule has 1 aliphatic rings. The van der Waals surface area contributed by atoms with E-state index in [0.29, 0.717) is 6.54 Å². The number of hydrogen-bond donors (Lipinski definition) is 1. The standard InChI is InChI=1S/C13H20N2/c1-10-7-12(10)9-15(2)13-6-4-3-5-11(13)8-14/h3-6,10,12H,7-9,14H2,1-2H3. The Balaban J connectivity index is 2.06. The molecule has 2 heteroatoms. The van der Waals surface area contributed by atoms with Crippen LogP contribution in [-0.2, 0) is 6.54 Å². The number of nitrogens with two attached hydrogens (primary N) is 1. The summed E-state index contributed by atoms with van der Waals surface area (Å²) in [5.41, 5.74) is 8.27. The fraction of sp³-hybridized carbons (Fsp3) is 0.538. The molecule has 2 rings (SSSR count). The first-order valence-corrected chi connectivity index (χ1v) is 5.71. The molecule has 15 heavy (non-hydrogen) atoms. The highest BCUT2D eigenvalue weighted by molar-refractivity contribution is 5.53. The third kappa shape index (κ3) is 2.32. The van der Waals surface area contributed by atoms with Gasteiger partial charge in [0, 0.05) is 25.8 Å². The Morgan fingerprint density at radius 1 is 1.40 bits per heavy atom. The average Bonchev–Trinajstić information content (AvgIpc) is 2.94. The minimum absolute atomic E-state index is 0.626. The van der Waals surface area contributed by atoms with Crippen molar-refractivity contribution < 1.29 is 0 Å². The predicted octanol–water partition coefficient (Wildman–Crippen LogP) is 2.24. The van der Waals surface area contributed by atoms with Gasteiger partial charge >= 0.3 is 0 Å². The molecule has 0 radical (unpaired) electrons. The molecule has 2 N–H and O–H groups in total. The number of anilines is 1. The van der Waals surface area contributed by atoms with Crippen LogP contribution in [0.5, 0.6) is 0 Å². The van der Waals surface area contributed by atoms with Crippen molar-refractivity contribution >= 4 is 5.69 Å². The van der Waals surface area contributed by atoms with Crippen LogP contribution in [0.1, 0.15) is 18.9 Å². The van der Waals surface area contributed by atoms with Crippen LogP contribution in [0.2, 0.25) is 0 Å². The Bertz CT molecular complexity index is 335. The lowest BCUT2D eigenvalue weighted by Crippen LogP contribution is -2.22. The van der Waals surface area contributed by atoms with E-state index in [2.05, 4.69) is 43.1 Å². The maximum Gasteiger partial charge on any atom is 0.0409 e. The van der Waals surface area contributed by atoms with E-state index in [1.54, 1.807) is 0 Å². The van der Waals surface area contributed by atoms with E-state index >= 15 is 0 Å². The molecule has 1 aromatic rings. The molecule has 1 aromatic carbocycles. The molecule has 0 amide bonds. The van der Waals surface area contributed by atoms with Crippen molar-refractivity contribution in [1.82, 2.24) is 0 Å². The number of hydrogen-bond acceptors (Lipinski definition) is 2. The van der Waals surface area contributed by atoms with Gasteiger partial charge < -0.3 is 10.6 Å². The molecule has 1 saturated carbocycles. The number of rotatable bonds is 4. The van der Waals surface area contributed by atoms with Crippen LogP contribution in [0.3, 0.4) is 0 Å². The van der Waals surface area contributed by atoms with Gasteiger partial charge in [0.05, 0.1) is 0 Å². The molecule has 0 heterocycles. The highest BCUT2D eigenvalue weighted by Gasteiger charge is 2.33. The van der Waals surface area contributed by atoms with Crippen LogP contribution in [0.4, 0.5) is 5.69 Å². The van der Waals surface area contributed by atoms with Crippen molar-refractivity contribution in [2.45, 2.75) is 19.9 Å². The lowest BCUT2D eigenvalue weighted by molar-refractivity contribution is 0.723. The molecule has 2 atom stereocenters. The van der Waals surface area contributed by atoms with Crippen molar-refractivity contribution in [2.75, 3.05) is 18.5 Å². The largest absolute Gasteiger partial charge is 0.374 e. The third-order valence-corrected chi connectivity index (χ3v) is 3.41. The summed E-state index contributed by atoms with van der Waals surface area (Å²) in [7, 11) is 2.17. The van der Waals surface area contributed by atoms with Crippen LogP contribution in [0.15, 0.2) is 24.3 Å². The fourth-order valence-electron chi connectivity index (χ4n) is 2.16. The molecule has 2 nitrogen and oxygen atoms in total. The van der Waals surface area contributed by atoms with Gasteiger partial charge in [-0.1, -0.05) is 25.1 Å². The van der Waals surface area contributed by atoms with Crippen molar-refractivity contribution in [3.8, 4) is 0 Å². The van der Waals surface area contributed by atoms with Crippen LogP contribution in [-0.4, -0.2) is 13.6 Å². The lowest BCUT2D eigenvalue weighted by Gasteiger charge is -2.22. The quantitative estimate of drug-likeness (QED) is 0.815. The first-order chi connectivity index (χ1) is 7.22. The molecule has 0 aromatic heterocycles. The average molecular weight is 204 g/mol. The van der Waals surface area contributed by atoms with Gasteiger partial charge in [-0.15, -0.1) is 0 Å². The smallest absolute Gasteiger partial charge is 0.0409 e. The zero-order valence-electron chi connectivity index (χ0n) is 9.61. The highest BCUT2D eigenvalue weighted by atomic mass is 15.1. The summed E-state index contributed by atoms with van der Waals surface area (Å²) in [6.45, 7) is 4.12. The molecule has 0 bridgehead atoms. The van der Waals surface area contributed by atoms with E-state index in [0.717, 1.165) is 18.4 Å². The molecule has 1 fully saturated rings. The van der Waals surface area contributed by atoms with Gasteiger partial charge in [-0.25, -0.2) is 0 Å². The van der Waals surface area contributed by atoms with E-state index in [1.165, 1.54) is 17.7 Å². The second-order valence-electron chi connectivity index (χ2n) is 4.69. The maximum atomic E-state index is 5.74. The number of nitrogens with zero attached hydrogens (tertiary/aromatic N) is 1. The number of benzene rings is 1. The Kier molecular flexibility index (Phi) is 2.96. The molecule has 0 spiro atoms. The van der Waals surface area contributed by atoms with Gasteiger partial charge in [0.1, 0.15) is 0 Å². The summed E-state index contributed by atoms with van der Waals surface area (Å²) >= 11 is 0. The van der Waals surface area contributed by atoms with E-state index < -0.39 is 0 Å². The van der Waals surface area contributed by atoms with Crippen molar-refractivity contribution in [1.29, 1.82) is 0 Å². The van der Waals surface area contributed by atoms with Gasteiger partial charge in [-0.3, -0.25) is 0 Å². The minimum atomic E-state index is 0.626. The van der Waals surface area contributed by atoms with Crippen LogP contribution < -0.4 is 10.6 Å². The second kappa shape index (κ2) is 4.23. The van der Waals surface area contributed by atoms with E-state index in [-0.39, 0.29) is 0 Å². The van der Waals surface area contributed by atoms with Gasteiger partial charge in [-0.05, 0) is 29.9 Å². The summed E-state index contributed by atoms with van der Waals surface area (Å²) < 4.78 is 0. The zero-order valence-corrected chi connectivity index (χ0v) is 9.61. The fourth-order valence-corrected chi connectivity index (χ4v) is 2.16. The molecule has 1 aliphatic carbocycles. The summed E-state index contributed by atoms with van der Waals surface area (Å²) in [4.78, 5) is 2.34. The van der Waals surface area contributed by atoms with Gasteiger partial charge in [0.15, 0.2) is 0 Å². The summed E-state index contributed by atoms with van der Waals surface area (Å²) in [6.07, 6.45) is 1.38. The first-order valence-electron chi connectivity index (χ1n) is 5.71. The topological polar surface area (TPSA) is 29.3 Å². The first kappa shape index (κ1) is 10.5. The molecule has 2 unspecified atom stereocenters. The highest BCUT2D eigenvalue weighted by Crippen LogP contribution is 2.38.